The number of hydrogen-bond acceptors (Lipinski definition) is 1. The second-order valence-corrected chi connectivity index (χ2v) is 4.13. The SMILES string of the molecule is C[C@@H](S)Cc1cccc(C(F)(F)F)c1. The molecule has 0 heterocycles. The molecule has 0 aromatic heterocycles. The molecule has 0 amide bonds. The van der Waals surface area contributed by atoms with Crippen LogP contribution in [0.4, 0.5) is 13.2 Å². The van der Waals surface area contributed by atoms with Gasteiger partial charge in [0.2, 0.25) is 0 Å². The van der Waals surface area contributed by atoms with E-state index in [0.717, 1.165) is 6.07 Å². The maximum Gasteiger partial charge on any atom is 0.416 e. The molecular formula is C10H11F3S. The van der Waals surface area contributed by atoms with Gasteiger partial charge in [0.15, 0.2) is 0 Å². The lowest BCUT2D eigenvalue weighted by molar-refractivity contribution is -0.137. The Bertz CT molecular complexity index is 304. The summed E-state index contributed by atoms with van der Waals surface area (Å²) in [5.74, 6) is 0. The second kappa shape index (κ2) is 4.26. The Kier molecular flexibility index (Phi) is 3.48. The van der Waals surface area contributed by atoms with Crippen molar-refractivity contribution in [1.82, 2.24) is 0 Å². The molecule has 1 rings (SSSR count). The first-order valence-corrected chi connectivity index (χ1v) is 4.75. The molecule has 1 atom stereocenters. The zero-order chi connectivity index (χ0) is 10.8. The standard InChI is InChI=1S/C10H11F3S/c1-7(14)5-8-3-2-4-9(6-8)10(11,12)13/h2-4,6-7,14H,5H2,1H3/t7-/m1/s1. The maximum absolute atomic E-state index is 12.3. The minimum absolute atomic E-state index is 0.0680. The first kappa shape index (κ1) is 11.4. The van der Waals surface area contributed by atoms with Crippen LogP contribution >= 0.6 is 12.6 Å². The summed E-state index contributed by atoms with van der Waals surface area (Å²) >= 11 is 4.13. The third kappa shape index (κ3) is 3.25. The van der Waals surface area contributed by atoms with Crippen LogP contribution in [0.5, 0.6) is 0 Å². The summed E-state index contributed by atoms with van der Waals surface area (Å²) in [5.41, 5.74) is 0.0753. The van der Waals surface area contributed by atoms with Crippen molar-refractivity contribution in [2.75, 3.05) is 0 Å². The minimum Gasteiger partial charge on any atom is -0.176 e. The highest BCUT2D eigenvalue weighted by atomic mass is 32.1. The molecule has 78 valence electrons. The third-order valence-corrected chi connectivity index (χ3v) is 1.97. The van der Waals surface area contributed by atoms with Crippen molar-refractivity contribution >= 4 is 12.6 Å². The lowest BCUT2D eigenvalue weighted by Crippen LogP contribution is -2.06. The van der Waals surface area contributed by atoms with Crippen LogP contribution in [0, 0.1) is 0 Å². The van der Waals surface area contributed by atoms with Crippen LogP contribution < -0.4 is 0 Å². The van der Waals surface area contributed by atoms with Crippen LogP contribution in [0.25, 0.3) is 0 Å². The van der Waals surface area contributed by atoms with E-state index in [4.69, 9.17) is 0 Å². The van der Waals surface area contributed by atoms with Gasteiger partial charge in [0.25, 0.3) is 0 Å². The van der Waals surface area contributed by atoms with E-state index < -0.39 is 11.7 Å². The van der Waals surface area contributed by atoms with Crippen molar-refractivity contribution in [2.24, 2.45) is 0 Å². The molecular weight excluding hydrogens is 209 g/mol. The van der Waals surface area contributed by atoms with Crippen LogP contribution in [-0.4, -0.2) is 5.25 Å². The van der Waals surface area contributed by atoms with E-state index in [1.54, 1.807) is 6.07 Å². The fourth-order valence-electron chi connectivity index (χ4n) is 1.22. The highest BCUT2D eigenvalue weighted by Gasteiger charge is 2.30. The van der Waals surface area contributed by atoms with Gasteiger partial charge in [0.1, 0.15) is 0 Å². The number of rotatable bonds is 2. The van der Waals surface area contributed by atoms with Crippen molar-refractivity contribution in [3.05, 3.63) is 35.4 Å². The van der Waals surface area contributed by atoms with Crippen molar-refractivity contribution in [2.45, 2.75) is 24.8 Å². The average molecular weight is 220 g/mol. The normalized spacial score (nSPS) is 14.1. The number of halogens is 3. The van der Waals surface area contributed by atoms with Gasteiger partial charge in [-0.05, 0) is 18.1 Å². The van der Waals surface area contributed by atoms with Crippen LogP contribution in [0.3, 0.4) is 0 Å². The lowest BCUT2D eigenvalue weighted by atomic mass is 10.1. The van der Waals surface area contributed by atoms with Gasteiger partial charge >= 0.3 is 6.18 Å². The minimum atomic E-state index is -4.25. The molecule has 4 heteroatoms. The molecule has 0 unspecified atom stereocenters. The second-order valence-electron chi connectivity index (χ2n) is 3.25. The van der Waals surface area contributed by atoms with Crippen LogP contribution in [0.1, 0.15) is 18.1 Å². The molecule has 0 aliphatic rings. The van der Waals surface area contributed by atoms with E-state index in [0.29, 0.717) is 12.0 Å². The molecule has 0 bridgehead atoms. The summed E-state index contributed by atoms with van der Waals surface area (Å²) in [6.45, 7) is 1.85. The topological polar surface area (TPSA) is 0 Å². The van der Waals surface area contributed by atoms with Crippen LogP contribution in [0.15, 0.2) is 24.3 Å². The first-order valence-electron chi connectivity index (χ1n) is 4.24. The van der Waals surface area contributed by atoms with Gasteiger partial charge in [-0.2, -0.15) is 25.8 Å². The molecule has 0 spiro atoms. The molecule has 0 radical (unpaired) electrons. The zero-order valence-electron chi connectivity index (χ0n) is 7.67. The predicted molar refractivity (Wildman–Crippen MR) is 53.6 cm³/mol. The number of thiol groups is 1. The summed E-state index contributed by atoms with van der Waals surface area (Å²) in [7, 11) is 0. The summed E-state index contributed by atoms with van der Waals surface area (Å²) in [6.07, 6.45) is -3.71. The van der Waals surface area contributed by atoms with Gasteiger partial charge in [-0.3, -0.25) is 0 Å². The average Bonchev–Trinajstić information content (AvgIpc) is 2.01. The molecule has 0 N–H and O–H groups in total. The molecule has 14 heavy (non-hydrogen) atoms. The van der Waals surface area contributed by atoms with Gasteiger partial charge in [0.05, 0.1) is 5.56 Å². The van der Waals surface area contributed by atoms with Crippen molar-refractivity contribution in [1.29, 1.82) is 0 Å². The number of alkyl halides is 3. The molecule has 0 aliphatic carbocycles. The largest absolute Gasteiger partial charge is 0.416 e. The van der Waals surface area contributed by atoms with Crippen LogP contribution in [0.2, 0.25) is 0 Å². The van der Waals surface area contributed by atoms with Gasteiger partial charge < -0.3 is 0 Å². The van der Waals surface area contributed by atoms with E-state index in [1.165, 1.54) is 12.1 Å². The van der Waals surface area contributed by atoms with Gasteiger partial charge in [0, 0.05) is 5.25 Å². The van der Waals surface area contributed by atoms with Gasteiger partial charge in [-0.15, -0.1) is 0 Å². The van der Waals surface area contributed by atoms with E-state index in [-0.39, 0.29) is 5.25 Å². The maximum atomic E-state index is 12.3. The van der Waals surface area contributed by atoms with E-state index in [1.807, 2.05) is 6.92 Å². The first-order chi connectivity index (χ1) is 6.39. The Morgan fingerprint density at radius 3 is 2.50 bits per heavy atom. The number of hydrogen-bond donors (Lipinski definition) is 1. The lowest BCUT2D eigenvalue weighted by Gasteiger charge is -2.09. The molecule has 0 saturated heterocycles. The van der Waals surface area contributed by atoms with Gasteiger partial charge in [-0.25, -0.2) is 0 Å². The fourth-order valence-corrected chi connectivity index (χ4v) is 1.43. The highest BCUT2D eigenvalue weighted by molar-refractivity contribution is 7.80. The Hall–Kier alpha value is -0.640. The monoisotopic (exact) mass is 220 g/mol. The molecule has 0 aliphatic heterocycles. The fraction of sp³-hybridized carbons (Fsp3) is 0.400. The van der Waals surface area contributed by atoms with Crippen molar-refractivity contribution < 1.29 is 13.2 Å². The Morgan fingerprint density at radius 2 is 2.00 bits per heavy atom. The van der Waals surface area contributed by atoms with E-state index in [2.05, 4.69) is 12.6 Å². The zero-order valence-corrected chi connectivity index (χ0v) is 8.57. The molecule has 1 aromatic rings. The van der Waals surface area contributed by atoms with E-state index in [9.17, 15) is 13.2 Å². The Morgan fingerprint density at radius 1 is 1.36 bits per heavy atom. The Labute approximate surface area is 86.5 Å². The molecule has 1 aromatic carbocycles. The number of benzene rings is 1. The molecule has 0 saturated carbocycles. The highest BCUT2D eigenvalue weighted by Crippen LogP contribution is 2.29. The summed E-state index contributed by atoms with van der Waals surface area (Å²) in [6, 6.07) is 5.36. The van der Waals surface area contributed by atoms with Crippen LogP contribution in [-0.2, 0) is 12.6 Å². The predicted octanol–water partition coefficient (Wildman–Crippen LogP) is 3.57. The van der Waals surface area contributed by atoms with Gasteiger partial charge in [-0.1, -0.05) is 25.1 Å². The summed E-state index contributed by atoms with van der Waals surface area (Å²) in [4.78, 5) is 0. The Balaban J connectivity index is 2.90. The smallest absolute Gasteiger partial charge is 0.176 e. The summed E-state index contributed by atoms with van der Waals surface area (Å²) < 4.78 is 36.9. The molecule has 0 fully saturated rings. The van der Waals surface area contributed by atoms with Crippen molar-refractivity contribution in [3.63, 3.8) is 0 Å². The van der Waals surface area contributed by atoms with E-state index >= 15 is 0 Å². The quantitative estimate of drug-likeness (QED) is 0.724. The third-order valence-electron chi connectivity index (χ3n) is 1.79. The van der Waals surface area contributed by atoms with Crippen molar-refractivity contribution in [3.8, 4) is 0 Å². The molecule has 0 nitrogen and oxygen atoms in total. The summed E-state index contributed by atoms with van der Waals surface area (Å²) in [5, 5.41) is 0.0680.